The van der Waals surface area contributed by atoms with Crippen molar-refractivity contribution in [2.24, 2.45) is 16.7 Å². The van der Waals surface area contributed by atoms with E-state index >= 15 is 0 Å². The molecule has 86 valence electrons. The van der Waals surface area contributed by atoms with Gasteiger partial charge in [-0.25, -0.2) is 0 Å². The lowest BCUT2D eigenvalue weighted by atomic mass is 9.69. The van der Waals surface area contributed by atoms with Crippen LogP contribution in [-0.2, 0) is 20.3 Å². The van der Waals surface area contributed by atoms with Crippen LogP contribution < -0.4 is 0 Å². The number of ketones is 1. The smallest absolute Gasteiger partial charge is 0.299 e. The fourth-order valence-corrected chi connectivity index (χ4v) is 3.56. The Hall–Kier alpha value is -0.260. The van der Waals surface area contributed by atoms with Gasteiger partial charge in [0.15, 0.2) is 0 Å². The standard InChI is InChI=1S/C10H16O4S/c1-9(2)7-3-4-10(9,8(11)5-7)6-14-15(12)13/h7H,3-6H2,1-2H3,(H,12,13). The Bertz CT molecular complexity index is 325. The summed E-state index contributed by atoms with van der Waals surface area (Å²) in [5.41, 5.74) is -0.612. The zero-order chi connectivity index (χ0) is 11.3. The maximum Gasteiger partial charge on any atom is 0.301 e. The lowest BCUT2D eigenvalue weighted by molar-refractivity contribution is -0.131. The van der Waals surface area contributed by atoms with Crippen molar-refractivity contribution < 1.29 is 17.7 Å². The van der Waals surface area contributed by atoms with Gasteiger partial charge < -0.3 is 0 Å². The van der Waals surface area contributed by atoms with Crippen LogP contribution in [0.25, 0.3) is 0 Å². The van der Waals surface area contributed by atoms with Crippen LogP contribution in [0.5, 0.6) is 0 Å². The molecule has 0 aliphatic heterocycles. The minimum absolute atomic E-state index is 0.0818. The van der Waals surface area contributed by atoms with Crippen LogP contribution in [0.3, 0.4) is 0 Å². The van der Waals surface area contributed by atoms with Gasteiger partial charge >= 0.3 is 11.4 Å². The van der Waals surface area contributed by atoms with Crippen molar-refractivity contribution >= 4 is 17.1 Å². The predicted octanol–water partition coefficient (Wildman–Crippen LogP) is 1.54. The Morgan fingerprint density at radius 3 is 2.67 bits per heavy atom. The largest absolute Gasteiger partial charge is 0.301 e. The summed E-state index contributed by atoms with van der Waals surface area (Å²) < 4.78 is 23.9. The summed E-state index contributed by atoms with van der Waals surface area (Å²) in [4.78, 5) is 11.9. The van der Waals surface area contributed by atoms with Crippen LogP contribution in [-0.4, -0.2) is 21.2 Å². The molecule has 0 aromatic rings. The second-order valence-electron chi connectivity index (χ2n) is 5.15. The molecule has 2 aliphatic carbocycles. The van der Waals surface area contributed by atoms with Gasteiger partial charge in [-0.15, -0.1) is 0 Å². The Labute approximate surface area is 91.9 Å². The minimum Gasteiger partial charge on any atom is -0.299 e. The van der Waals surface area contributed by atoms with E-state index in [9.17, 15) is 9.00 Å². The Kier molecular flexibility index (Phi) is 2.52. The molecule has 3 atom stereocenters. The molecule has 2 fully saturated rings. The van der Waals surface area contributed by atoms with Crippen molar-refractivity contribution in [3.05, 3.63) is 0 Å². The molecular weight excluding hydrogens is 216 g/mol. The Morgan fingerprint density at radius 1 is 1.60 bits per heavy atom. The zero-order valence-corrected chi connectivity index (χ0v) is 9.80. The monoisotopic (exact) mass is 232 g/mol. The number of rotatable bonds is 3. The molecule has 2 aliphatic rings. The first-order valence-electron chi connectivity index (χ1n) is 5.17. The van der Waals surface area contributed by atoms with E-state index < -0.39 is 16.8 Å². The second-order valence-corrected chi connectivity index (χ2v) is 5.82. The molecule has 0 aromatic heterocycles. The van der Waals surface area contributed by atoms with E-state index in [1.54, 1.807) is 0 Å². The topological polar surface area (TPSA) is 63.6 Å². The number of carbonyl (C=O) groups excluding carboxylic acids is 1. The molecule has 5 heteroatoms. The van der Waals surface area contributed by atoms with Gasteiger partial charge in [0, 0.05) is 6.42 Å². The molecule has 0 spiro atoms. The molecule has 1 N–H and O–H groups in total. The molecule has 0 amide bonds. The van der Waals surface area contributed by atoms with Crippen molar-refractivity contribution in [2.45, 2.75) is 33.1 Å². The van der Waals surface area contributed by atoms with Crippen molar-refractivity contribution in [1.82, 2.24) is 0 Å². The summed E-state index contributed by atoms with van der Waals surface area (Å²) in [6.07, 6.45) is 2.43. The van der Waals surface area contributed by atoms with Crippen LogP contribution in [0.15, 0.2) is 0 Å². The van der Waals surface area contributed by atoms with Gasteiger partial charge in [-0.3, -0.25) is 13.5 Å². The van der Waals surface area contributed by atoms with Gasteiger partial charge in [0.05, 0.1) is 12.0 Å². The number of carbonyl (C=O) groups is 1. The Morgan fingerprint density at radius 2 is 2.27 bits per heavy atom. The molecule has 0 heterocycles. The van der Waals surface area contributed by atoms with Crippen LogP contribution >= 0.6 is 0 Å². The third-order valence-electron chi connectivity index (χ3n) is 4.55. The van der Waals surface area contributed by atoms with Crippen LogP contribution in [0, 0.1) is 16.7 Å². The number of hydrogen-bond acceptors (Lipinski definition) is 3. The zero-order valence-electron chi connectivity index (χ0n) is 8.99. The molecular formula is C10H16O4S. The lowest BCUT2D eigenvalue weighted by Crippen LogP contribution is -2.40. The predicted molar refractivity (Wildman–Crippen MR) is 55.3 cm³/mol. The van der Waals surface area contributed by atoms with Gasteiger partial charge in [-0.05, 0) is 24.2 Å². The highest BCUT2D eigenvalue weighted by molar-refractivity contribution is 7.74. The number of hydrogen-bond donors (Lipinski definition) is 1. The van der Waals surface area contributed by atoms with E-state index in [-0.39, 0.29) is 17.8 Å². The molecule has 15 heavy (non-hydrogen) atoms. The molecule has 2 bridgehead atoms. The summed E-state index contributed by atoms with van der Waals surface area (Å²) in [5.74, 6) is 0.620. The second kappa shape index (κ2) is 3.37. The third kappa shape index (κ3) is 1.40. The van der Waals surface area contributed by atoms with Crippen LogP contribution in [0.4, 0.5) is 0 Å². The van der Waals surface area contributed by atoms with Crippen LogP contribution in [0.1, 0.15) is 33.1 Å². The highest BCUT2D eigenvalue weighted by Crippen LogP contribution is 2.63. The summed E-state index contributed by atoms with van der Waals surface area (Å²) in [7, 11) is 0. The maximum absolute atomic E-state index is 11.9. The van der Waals surface area contributed by atoms with Gasteiger partial charge in [0.25, 0.3) is 0 Å². The quantitative estimate of drug-likeness (QED) is 0.750. The first kappa shape index (κ1) is 11.2. The third-order valence-corrected chi connectivity index (χ3v) is 4.86. The van der Waals surface area contributed by atoms with Crippen molar-refractivity contribution in [3.63, 3.8) is 0 Å². The van der Waals surface area contributed by atoms with Gasteiger partial charge in [-0.1, -0.05) is 13.8 Å². The summed E-state index contributed by atoms with van der Waals surface area (Å²) in [6, 6.07) is 0. The van der Waals surface area contributed by atoms with E-state index in [0.29, 0.717) is 12.3 Å². The lowest BCUT2D eigenvalue weighted by Gasteiger charge is -2.35. The van der Waals surface area contributed by atoms with E-state index in [0.717, 1.165) is 12.8 Å². The van der Waals surface area contributed by atoms with Crippen LogP contribution in [0.2, 0.25) is 0 Å². The van der Waals surface area contributed by atoms with Crippen molar-refractivity contribution in [2.75, 3.05) is 6.61 Å². The summed E-state index contributed by atoms with van der Waals surface area (Å²) >= 11 is -2.27. The molecule has 0 radical (unpaired) electrons. The molecule has 3 unspecified atom stereocenters. The molecule has 0 saturated heterocycles. The highest BCUT2D eigenvalue weighted by Gasteiger charge is 2.64. The number of Topliss-reactive ketones (excluding diaryl/α,β-unsaturated/α-hetero) is 1. The maximum atomic E-state index is 11.9. The van der Waals surface area contributed by atoms with Gasteiger partial charge in [0.2, 0.25) is 0 Å². The van der Waals surface area contributed by atoms with Crippen molar-refractivity contribution in [1.29, 1.82) is 0 Å². The fourth-order valence-electron chi connectivity index (χ4n) is 3.26. The van der Waals surface area contributed by atoms with E-state index in [4.69, 9.17) is 8.74 Å². The summed E-state index contributed by atoms with van der Waals surface area (Å²) in [5, 5.41) is 0. The SMILES string of the molecule is CC1(C)C2CCC1(COS(=O)O)C(=O)C2. The normalized spacial score (nSPS) is 39.7. The average Bonchev–Trinajstić information content (AvgIpc) is 2.47. The van der Waals surface area contributed by atoms with E-state index in [1.165, 1.54) is 0 Å². The first-order valence-corrected chi connectivity index (χ1v) is 6.21. The average molecular weight is 232 g/mol. The Balaban J connectivity index is 2.24. The summed E-state index contributed by atoms with van der Waals surface area (Å²) in [6.45, 7) is 4.22. The minimum atomic E-state index is -2.27. The van der Waals surface area contributed by atoms with Gasteiger partial charge in [-0.2, -0.15) is 4.21 Å². The first-order chi connectivity index (χ1) is 6.90. The van der Waals surface area contributed by atoms with E-state index in [1.807, 2.05) is 0 Å². The van der Waals surface area contributed by atoms with Crippen molar-refractivity contribution in [3.8, 4) is 0 Å². The number of fused-ring (bicyclic) bond motifs is 2. The molecule has 4 nitrogen and oxygen atoms in total. The van der Waals surface area contributed by atoms with E-state index in [2.05, 4.69) is 13.8 Å². The molecule has 2 rings (SSSR count). The fraction of sp³-hybridized carbons (Fsp3) is 0.900. The van der Waals surface area contributed by atoms with Gasteiger partial charge in [0.1, 0.15) is 5.78 Å². The molecule has 0 aromatic carbocycles. The molecule has 2 saturated carbocycles. The highest BCUT2D eigenvalue weighted by atomic mass is 32.2.